The maximum atomic E-state index is 12.3. The third kappa shape index (κ3) is 2.88. The van der Waals surface area contributed by atoms with Gasteiger partial charge >= 0.3 is 0 Å². The Morgan fingerprint density at radius 1 is 1.45 bits per heavy atom. The largest absolute Gasteiger partial charge is 0.389 e. The molecule has 1 atom stereocenters. The minimum absolute atomic E-state index is 0.206. The van der Waals surface area contributed by atoms with Gasteiger partial charge in [-0.1, -0.05) is 25.1 Å². The van der Waals surface area contributed by atoms with Crippen LogP contribution in [0.3, 0.4) is 0 Å². The van der Waals surface area contributed by atoms with Crippen molar-refractivity contribution in [1.82, 2.24) is 9.78 Å². The van der Waals surface area contributed by atoms with E-state index in [9.17, 15) is 9.90 Å². The Morgan fingerprint density at radius 2 is 2.15 bits per heavy atom. The van der Waals surface area contributed by atoms with Gasteiger partial charge in [-0.05, 0) is 19.4 Å². The van der Waals surface area contributed by atoms with Crippen LogP contribution in [0, 0.1) is 0 Å². The first-order valence-corrected chi connectivity index (χ1v) is 6.63. The van der Waals surface area contributed by atoms with Crippen molar-refractivity contribution in [3.05, 3.63) is 47.3 Å². The standard InChI is InChI=1S/C15H19N3O2/c1-4-13-12(9-18(3)17-13)15(20)16-14-8-6-5-7-11(14)10(2)19/h5-10,19H,4H2,1-3H3,(H,16,20). The highest BCUT2D eigenvalue weighted by Gasteiger charge is 2.16. The van der Waals surface area contributed by atoms with Crippen LogP contribution in [0.4, 0.5) is 5.69 Å². The van der Waals surface area contributed by atoms with Gasteiger partial charge in [0, 0.05) is 24.5 Å². The maximum Gasteiger partial charge on any atom is 0.259 e. The van der Waals surface area contributed by atoms with E-state index in [2.05, 4.69) is 10.4 Å². The van der Waals surface area contributed by atoms with Gasteiger partial charge < -0.3 is 10.4 Å². The van der Waals surface area contributed by atoms with Crippen molar-refractivity contribution < 1.29 is 9.90 Å². The molecule has 5 heteroatoms. The van der Waals surface area contributed by atoms with Crippen molar-refractivity contribution >= 4 is 11.6 Å². The number of benzene rings is 1. The molecule has 0 aliphatic heterocycles. The normalized spacial score (nSPS) is 12.2. The van der Waals surface area contributed by atoms with Crippen LogP contribution in [0.25, 0.3) is 0 Å². The van der Waals surface area contributed by atoms with Crippen molar-refractivity contribution in [2.75, 3.05) is 5.32 Å². The second kappa shape index (κ2) is 5.88. The molecule has 1 heterocycles. The molecule has 106 valence electrons. The molecular weight excluding hydrogens is 254 g/mol. The zero-order valence-corrected chi connectivity index (χ0v) is 11.9. The fraction of sp³-hybridized carbons (Fsp3) is 0.333. The van der Waals surface area contributed by atoms with E-state index in [0.717, 1.165) is 5.69 Å². The molecular formula is C15H19N3O2. The molecule has 0 saturated heterocycles. The van der Waals surface area contributed by atoms with E-state index in [0.29, 0.717) is 23.2 Å². The smallest absolute Gasteiger partial charge is 0.259 e. The third-order valence-electron chi connectivity index (χ3n) is 3.14. The average molecular weight is 273 g/mol. The number of amides is 1. The van der Waals surface area contributed by atoms with Crippen molar-refractivity contribution in [3.63, 3.8) is 0 Å². The van der Waals surface area contributed by atoms with E-state index in [1.807, 2.05) is 19.1 Å². The molecule has 1 unspecified atom stereocenters. The molecule has 0 radical (unpaired) electrons. The number of anilines is 1. The fourth-order valence-electron chi connectivity index (χ4n) is 2.15. The molecule has 2 N–H and O–H groups in total. The molecule has 0 aliphatic carbocycles. The summed E-state index contributed by atoms with van der Waals surface area (Å²) in [5.41, 5.74) is 2.65. The topological polar surface area (TPSA) is 67.2 Å². The predicted molar refractivity (Wildman–Crippen MR) is 77.6 cm³/mol. The minimum atomic E-state index is -0.633. The molecule has 0 spiro atoms. The van der Waals surface area contributed by atoms with Gasteiger partial charge in [-0.2, -0.15) is 5.10 Å². The second-order valence-electron chi connectivity index (χ2n) is 4.73. The number of nitrogens with one attached hydrogen (secondary N) is 1. The minimum Gasteiger partial charge on any atom is -0.389 e. The van der Waals surface area contributed by atoms with Crippen molar-refractivity contribution in [3.8, 4) is 0 Å². The summed E-state index contributed by atoms with van der Waals surface area (Å²) in [6.45, 7) is 3.63. The summed E-state index contributed by atoms with van der Waals surface area (Å²) in [6.07, 6.45) is 1.77. The number of para-hydroxylation sites is 1. The lowest BCUT2D eigenvalue weighted by Gasteiger charge is -2.12. The number of rotatable bonds is 4. The number of nitrogens with zero attached hydrogens (tertiary/aromatic N) is 2. The average Bonchev–Trinajstić information content (AvgIpc) is 2.80. The zero-order valence-electron chi connectivity index (χ0n) is 11.9. The molecule has 0 aliphatic rings. The van der Waals surface area contributed by atoms with Gasteiger partial charge in [0.1, 0.15) is 0 Å². The number of aromatic nitrogens is 2. The molecule has 2 rings (SSSR count). The first kappa shape index (κ1) is 14.3. The Balaban J connectivity index is 2.28. The van der Waals surface area contributed by atoms with E-state index < -0.39 is 6.10 Å². The van der Waals surface area contributed by atoms with Gasteiger partial charge in [0.25, 0.3) is 5.91 Å². The van der Waals surface area contributed by atoms with Crippen LogP contribution >= 0.6 is 0 Å². The lowest BCUT2D eigenvalue weighted by atomic mass is 10.1. The summed E-state index contributed by atoms with van der Waals surface area (Å²) >= 11 is 0. The Bertz CT molecular complexity index is 617. The molecule has 2 aromatic rings. The number of carbonyl (C=O) groups excluding carboxylic acids is 1. The van der Waals surface area contributed by atoms with Crippen LogP contribution in [0.1, 0.15) is 41.6 Å². The number of carbonyl (C=O) groups is 1. The summed E-state index contributed by atoms with van der Waals surface area (Å²) < 4.78 is 1.63. The molecule has 5 nitrogen and oxygen atoms in total. The second-order valence-corrected chi connectivity index (χ2v) is 4.73. The van der Waals surface area contributed by atoms with Crippen LogP contribution in [0.15, 0.2) is 30.5 Å². The van der Waals surface area contributed by atoms with E-state index in [1.165, 1.54) is 0 Å². The number of hydrogen-bond donors (Lipinski definition) is 2. The first-order valence-electron chi connectivity index (χ1n) is 6.63. The molecule has 1 amide bonds. The quantitative estimate of drug-likeness (QED) is 0.898. The first-order chi connectivity index (χ1) is 9.52. The van der Waals surface area contributed by atoms with Gasteiger partial charge in [0.2, 0.25) is 0 Å². The summed E-state index contributed by atoms with van der Waals surface area (Å²) in [5.74, 6) is -0.206. The number of hydrogen-bond acceptors (Lipinski definition) is 3. The fourth-order valence-corrected chi connectivity index (χ4v) is 2.15. The van der Waals surface area contributed by atoms with E-state index in [1.54, 1.807) is 37.0 Å². The lowest BCUT2D eigenvalue weighted by molar-refractivity contribution is 0.102. The van der Waals surface area contributed by atoms with Crippen LogP contribution in [0.2, 0.25) is 0 Å². The van der Waals surface area contributed by atoms with E-state index >= 15 is 0 Å². The van der Waals surface area contributed by atoms with Gasteiger partial charge in [-0.25, -0.2) is 0 Å². The molecule has 20 heavy (non-hydrogen) atoms. The van der Waals surface area contributed by atoms with E-state index in [4.69, 9.17) is 0 Å². The highest BCUT2D eigenvalue weighted by Crippen LogP contribution is 2.23. The monoisotopic (exact) mass is 273 g/mol. The van der Waals surface area contributed by atoms with Gasteiger partial charge in [0.15, 0.2) is 0 Å². The summed E-state index contributed by atoms with van der Waals surface area (Å²) in [6, 6.07) is 7.23. The molecule has 1 aromatic carbocycles. The number of aliphatic hydroxyl groups excluding tert-OH is 1. The maximum absolute atomic E-state index is 12.3. The van der Waals surface area contributed by atoms with Crippen molar-refractivity contribution in [2.45, 2.75) is 26.4 Å². The number of aliphatic hydroxyl groups is 1. The Hall–Kier alpha value is -2.14. The lowest BCUT2D eigenvalue weighted by Crippen LogP contribution is -2.15. The SMILES string of the molecule is CCc1nn(C)cc1C(=O)Nc1ccccc1C(C)O. The molecule has 0 saturated carbocycles. The highest BCUT2D eigenvalue weighted by atomic mass is 16.3. The predicted octanol–water partition coefficient (Wildman–Crippen LogP) is 2.29. The van der Waals surface area contributed by atoms with Crippen LogP contribution in [-0.4, -0.2) is 20.8 Å². The number of aryl methyl sites for hydroxylation is 2. The van der Waals surface area contributed by atoms with Gasteiger partial charge in [0.05, 0.1) is 17.4 Å². The van der Waals surface area contributed by atoms with Gasteiger partial charge in [-0.3, -0.25) is 9.48 Å². The van der Waals surface area contributed by atoms with Gasteiger partial charge in [-0.15, -0.1) is 0 Å². The van der Waals surface area contributed by atoms with E-state index in [-0.39, 0.29) is 5.91 Å². The molecule has 1 aromatic heterocycles. The summed E-state index contributed by atoms with van der Waals surface area (Å²) in [7, 11) is 1.79. The van der Waals surface area contributed by atoms with Crippen LogP contribution in [0.5, 0.6) is 0 Å². The summed E-state index contributed by atoms with van der Waals surface area (Å²) in [4.78, 5) is 12.3. The highest BCUT2D eigenvalue weighted by molar-refractivity contribution is 6.05. The zero-order chi connectivity index (χ0) is 14.7. The third-order valence-corrected chi connectivity index (χ3v) is 3.14. The Morgan fingerprint density at radius 3 is 2.80 bits per heavy atom. The van der Waals surface area contributed by atoms with Crippen molar-refractivity contribution in [2.24, 2.45) is 7.05 Å². The molecule has 0 fully saturated rings. The molecule has 0 bridgehead atoms. The van der Waals surface area contributed by atoms with Crippen LogP contribution < -0.4 is 5.32 Å². The summed E-state index contributed by atoms with van der Waals surface area (Å²) in [5, 5.41) is 16.8. The van der Waals surface area contributed by atoms with Crippen LogP contribution in [-0.2, 0) is 13.5 Å². The Labute approximate surface area is 118 Å². The van der Waals surface area contributed by atoms with Crippen molar-refractivity contribution in [1.29, 1.82) is 0 Å². The Kier molecular flexibility index (Phi) is 4.20.